The zero-order valence-corrected chi connectivity index (χ0v) is 11.0. The van der Waals surface area contributed by atoms with E-state index in [2.05, 4.69) is 15.5 Å². The van der Waals surface area contributed by atoms with Gasteiger partial charge >= 0.3 is 0 Å². The van der Waals surface area contributed by atoms with E-state index in [-0.39, 0.29) is 0 Å². The Hall–Kier alpha value is -1.46. The third-order valence-corrected chi connectivity index (χ3v) is 4.22. The summed E-state index contributed by atoms with van der Waals surface area (Å²) in [6, 6.07) is 8.33. The molecular weight excluding hydrogens is 246 g/mol. The minimum absolute atomic E-state index is 0.398. The van der Waals surface area contributed by atoms with Crippen LogP contribution in [0.2, 0.25) is 0 Å². The minimum atomic E-state index is 0.398. The van der Waals surface area contributed by atoms with Crippen LogP contribution in [0.5, 0.6) is 5.75 Å². The maximum absolute atomic E-state index is 5.15. The van der Waals surface area contributed by atoms with Crippen LogP contribution in [0, 0.1) is 0 Å². The SMILES string of the molecule is COc1ccc(-c2nnc(C3CCCN3)s2)cc1. The summed E-state index contributed by atoms with van der Waals surface area (Å²) in [5, 5.41) is 14.1. The number of aromatic nitrogens is 2. The van der Waals surface area contributed by atoms with Gasteiger partial charge in [-0.15, -0.1) is 10.2 Å². The molecule has 1 aliphatic heterocycles. The van der Waals surface area contributed by atoms with E-state index in [9.17, 15) is 0 Å². The van der Waals surface area contributed by atoms with Gasteiger partial charge in [-0.1, -0.05) is 11.3 Å². The van der Waals surface area contributed by atoms with Crippen molar-refractivity contribution in [2.24, 2.45) is 0 Å². The molecule has 94 valence electrons. The predicted molar refractivity (Wildman–Crippen MR) is 71.9 cm³/mol. The standard InChI is InChI=1S/C13H15N3OS/c1-17-10-6-4-9(5-7-10)12-15-16-13(18-12)11-3-2-8-14-11/h4-7,11,14H,2-3,8H2,1H3. The summed E-state index contributed by atoms with van der Waals surface area (Å²) >= 11 is 1.67. The highest BCUT2D eigenvalue weighted by molar-refractivity contribution is 7.14. The molecule has 0 spiro atoms. The first-order valence-corrected chi connectivity index (χ1v) is 6.89. The van der Waals surface area contributed by atoms with Gasteiger partial charge in [0, 0.05) is 5.56 Å². The highest BCUT2D eigenvalue weighted by Gasteiger charge is 2.20. The molecule has 1 N–H and O–H groups in total. The van der Waals surface area contributed by atoms with Gasteiger partial charge in [0.25, 0.3) is 0 Å². The van der Waals surface area contributed by atoms with Crippen LogP contribution in [-0.4, -0.2) is 23.9 Å². The Labute approximate surface area is 110 Å². The topological polar surface area (TPSA) is 47.0 Å². The molecule has 1 fully saturated rings. The first-order valence-electron chi connectivity index (χ1n) is 6.08. The molecule has 1 aromatic heterocycles. The average Bonchev–Trinajstić information content (AvgIpc) is 3.09. The number of nitrogens with one attached hydrogen (secondary N) is 1. The van der Waals surface area contributed by atoms with Crippen molar-refractivity contribution in [3.63, 3.8) is 0 Å². The maximum Gasteiger partial charge on any atom is 0.147 e. The molecule has 4 nitrogen and oxygen atoms in total. The van der Waals surface area contributed by atoms with Gasteiger partial charge in [-0.25, -0.2) is 0 Å². The first-order chi connectivity index (χ1) is 8.86. The molecule has 1 unspecified atom stereocenters. The third kappa shape index (κ3) is 2.23. The molecule has 18 heavy (non-hydrogen) atoms. The van der Waals surface area contributed by atoms with Crippen molar-refractivity contribution < 1.29 is 4.74 Å². The Bertz CT molecular complexity index is 517. The van der Waals surface area contributed by atoms with Gasteiger partial charge in [-0.2, -0.15) is 0 Å². The Balaban J connectivity index is 1.82. The molecule has 1 saturated heterocycles. The van der Waals surface area contributed by atoms with Crippen LogP contribution >= 0.6 is 11.3 Å². The lowest BCUT2D eigenvalue weighted by Gasteiger charge is -2.03. The zero-order valence-electron chi connectivity index (χ0n) is 10.2. The largest absolute Gasteiger partial charge is 0.497 e. The zero-order chi connectivity index (χ0) is 12.4. The summed E-state index contributed by atoms with van der Waals surface area (Å²) in [6.07, 6.45) is 2.39. The molecule has 5 heteroatoms. The fourth-order valence-corrected chi connectivity index (χ4v) is 3.08. The van der Waals surface area contributed by atoms with E-state index in [1.54, 1.807) is 18.4 Å². The molecule has 1 aliphatic rings. The van der Waals surface area contributed by atoms with E-state index in [1.807, 2.05) is 24.3 Å². The Kier molecular flexibility index (Phi) is 3.25. The monoisotopic (exact) mass is 261 g/mol. The van der Waals surface area contributed by atoms with E-state index < -0.39 is 0 Å². The van der Waals surface area contributed by atoms with E-state index in [1.165, 1.54) is 6.42 Å². The Morgan fingerprint density at radius 2 is 2.11 bits per heavy atom. The van der Waals surface area contributed by atoms with Crippen LogP contribution in [0.15, 0.2) is 24.3 Å². The molecule has 3 rings (SSSR count). The number of hydrogen-bond acceptors (Lipinski definition) is 5. The number of ether oxygens (including phenoxy) is 1. The molecule has 0 saturated carbocycles. The van der Waals surface area contributed by atoms with Crippen LogP contribution in [-0.2, 0) is 0 Å². The number of nitrogens with zero attached hydrogens (tertiary/aromatic N) is 2. The molecule has 2 aromatic rings. The van der Waals surface area contributed by atoms with E-state index in [4.69, 9.17) is 4.74 Å². The predicted octanol–water partition coefficient (Wildman–Crippen LogP) is 2.64. The van der Waals surface area contributed by atoms with Crippen molar-refractivity contribution >= 4 is 11.3 Å². The van der Waals surface area contributed by atoms with Crippen LogP contribution in [0.1, 0.15) is 23.9 Å². The highest BCUT2D eigenvalue weighted by atomic mass is 32.1. The van der Waals surface area contributed by atoms with Crippen LogP contribution in [0.3, 0.4) is 0 Å². The number of hydrogen-bond donors (Lipinski definition) is 1. The normalized spacial score (nSPS) is 19.1. The fraction of sp³-hybridized carbons (Fsp3) is 0.385. The van der Waals surface area contributed by atoms with Crippen molar-refractivity contribution in [1.82, 2.24) is 15.5 Å². The molecule has 0 radical (unpaired) electrons. The molecular formula is C13H15N3OS. The lowest BCUT2D eigenvalue weighted by atomic mass is 10.2. The van der Waals surface area contributed by atoms with E-state index in [0.29, 0.717) is 6.04 Å². The number of rotatable bonds is 3. The van der Waals surface area contributed by atoms with Gasteiger partial charge in [0.15, 0.2) is 0 Å². The van der Waals surface area contributed by atoms with Crippen molar-refractivity contribution in [1.29, 1.82) is 0 Å². The van der Waals surface area contributed by atoms with Gasteiger partial charge in [-0.05, 0) is 43.7 Å². The lowest BCUT2D eigenvalue weighted by molar-refractivity contribution is 0.415. The second-order valence-electron chi connectivity index (χ2n) is 4.32. The molecule has 2 heterocycles. The first kappa shape index (κ1) is 11.6. The summed E-state index contributed by atoms with van der Waals surface area (Å²) in [4.78, 5) is 0. The van der Waals surface area contributed by atoms with Gasteiger partial charge < -0.3 is 10.1 Å². The van der Waals surface area contributed by atoms with Gasteiger partial charge in [0.2, 0.25) is 0 Å². The number of benzene rings is 1. The average molecular weight is 261 g/mol. The smallest absolute Gasteiger partial charge is 0.147 e. The fourth-order valence-electron chi connectivity index (χ4n) is 2.12. The van der Waals surface area contributed by atoms with Crippen LogP contribution < -0.4 is 10.1 Å². The third-order valence-electron chi connectivity index (χ3n) is 3.14. The molecule has 0 aliphatic carbocycles. The van der Waals surface area contributed by atoms with Crippen molar-refractivity contribution in [2.45, 2.75) is 18.9 Å². The molecule has 1 atom stereocenters. The summed E-state index contributed by atoms with van der Waals surface area (Å²) in [7, 11) is 1.67. The maximum atomic E-state index is 5.15. The van der Waals surface area contributed by atoms with Crippen molar-refractivity contribution in [3.8, 4) is 16.3 Å². The van der Waals surface area contributed by atoms with Crippen LogP contribution in [0.4, 0.5) is 0 Å². The Morgan fingerprint density at radius 3 is 2.78 bits per heavy atom. The number of methoxy groups -OCH3 is 1. The summed E-state index contributed by atoms with van der Waals surface area (Å²) in [5.41, 5.74) is 1.09. The quantitative estimate of drug-likeness (QED) is 0.922. The Morgan fingerprint density at radius 1 is 1.28 bits per heavy atom. The van der Waals surface area contributed by atoms with Crippen molar-refractivity contribution in [2.75, 3.05) is 13.7 Å². The van der Waals surface area contributed by atoms with E-state index in [0.717, 1.165) is 34.3 Å². The van der Waals surface area contributed by atoms with E-state index >= 15 is 0 Å². The summed E-state index contributed by atoms with van der Waals surface area (Å²) in [6.45, 7) is 1.09. The second-order valence-corrected chi connectivity index (χ2v) is 5.33. The summed E-state index contributed by atoms with van der Waals surface area (Å²) in [5.74, 6) is 0.862. The van der Waals surface area contributed by atoms with Crippen molar-refractivity contribution in [3.05, 3.63) is 29.3 Å². The molecule has 1 aromatic carbocycles. The highest BCUT2D eigenvalue weighted by Crippen LogP contribution is 2.31. The van der Waals surface area contributed by atoms with Gasteiger partial charge in [0.05, 0.1) is 13.2 Å². The second kappa shape index (κ2) is 5.04. The van der Waals surface area contributed by atoms with Gasteiger partial charge in [0.1, 0.15) is 15.8 Å². The molecule has 0 bridgehead atoms. The van der Waals surface area contributed by atoms with Gasteiger partial charge in [-0.3, -0.25) is 0 Å². The summed E-state index contributed by atoms with van der Waals surface area (Å²) < 4.78 is 5.15. The van der Waals surface area contributed by atoms with Crippen LogP contribution in [0.25, 0.3) is 10.6 Å². The lowest BCUT2D eigenvalue weighted by Crippen LogP contribution is -2.12. The molecule has 0 amide bonds. The minimum Gasteiger partial charge on any atom is -0.497 e.